The fourth-order valence-corrected chi connectivity index (χ4v) is 2.89. The molecule has 1 aromatic carbocycles. The molecule has 2 aliphatic heterocycles. The first kappa shape index (κ1) is 11.5. The number of rotatable bonds is 0. The first-order valence-corrected chi connectivity index (χ1v) is 6.52. The van der Waals surface area contributed by atoms with Gasteiger partial charge in [0.2, 0.25) is 0 Å². The lowest BCUT2D eigenvalue weighted by atomic mass is 10.0. The second-order valence-electron chi connectivity index (χ2n) is 5.24. The van der Waals surface area contributed by atoms with E-state index in [4.69, 9.17) is 0 Å². The number of nitrogens with zero attached hydrogens (tertiary/aromatic N) is 2. The summed E-state index contributed by atoms with van der Waals surface area (Å²) in [6.07, 6.45) is 1.13. The molecular formula is C14H19N3O. The molecule has 1 fully saturated rings. The number of fused-ring (bicyclic) bond motifs is 3. The monoisotopic (exact) mass is 245 g/mol. The van der Waals surface area contributed by atoms with E-state index in [0.717, 1.165) is 42.9 Å². The van der Waals surface area contributed by atoms with Crippen molar-refractivity contribution in [2.75, 3.05) is 31.6 Å². The van der Waals surface area contributed by atoms with Crippen LogP contribution in [0.2, 0.25) is 0 Å². The van der Waals surface area contributed by atoms with E-state index in [0.29, 0.717) is 0 Å². The van der Waals surface area contributed by atoms with Crippen molar-refractivity contribution in [3.05, 3.63) is 29.3 Å². The van der Waals surface area contributed by atoms with Gasteiger partial charge in [0.15, 0.2) is 0 Å². The zero-order chi connectivity index (χ0) is 12.7. The van der Waals surface area contributed by atoms with Crippen molar-refractivity contribution >= 4 is 11.6 Å². The Morgan fingerprint density at radius 3 is 2.94 bits per heavy atom. The van der Waals surface area contributed by atoms with E-state index < -0.39 is 0 Å². The van der Waals surface area contributed by atoms with Gasteiger partial charge in [-0.05, 0) is 32.0 Å². The third-order valence-corrected chi connectivity index (χ3v) is 3.97. The van der Waals surface area contributed by atoms with Crippen LogP contribution in [0.5, 0.6) is 0 Å². The topological polar surface area (TPSA) is 35.6 Å². The third-order valence-electron chi connectivity index (χ3n) is 3.97. The van der Waals surface area contributed by atoms with E-state index in [1.54, 1.807) is 0 Å². The SMILES string of the molecule is Cc1cccc2c1C(=O)N[C@@H]1CCN(C)CCN21. The lowest BCUT2D eigenvalue weighted by molar-refractivity contribution is 0.0925. The summed E-state index contributed by atoms with van der Waals surface area (Å²) < 4.78 is 0. The maximum absolute atomic E-state index is 12.2. The van der Waals surface area contributed by atoms with E-state index in [9.17, 15) is 4.79 Å². The molecule has 0 spiro atoms. The second kappa shape index (κ2) is 4.28. The van der Waals surface area contributed by atoms with E-state index >= 15 is 0 Å². The van der Waals surface area contributed by atoms with Crippen molar-refractivity contribution in [3.63, 3.8) is 0 Å². The fraction of sp³-hybridized carbons (Fsp3) is 0.500. The van der Waals surface area contributed by atoms with Gasteiger partial charge < -0.3 is 15.1 Å². The van der Waals surface area contributed by atoms with Crippen LogP contribution in [0, 0.1) is 6.92 Å². The number of benzene rings is 1. The number of hydrogen-bond donors (Lipinski definition) is 1. The molecule has 0 bridgehead atoms. The molecule has 0 saturated carbocycles. The van der Waals surface area contributed by atoms with Crippen LogP contribution >= 0.6 is 0 Å². The van der Waals surface area contributed by atoms with Crippen LogP contribution in [0.25, 0.3) is 0 Å². The van der Waals surface area contributed by atoms with E-state index in [2.05, 4.69) is 28.2 Å². The summed E-state index contributed by atoms with van der Waals surface area (Å²) in [6.45, 7) is 5.04. The molecule has 0 radical (unpaired) electrons. The average molecular weight is 245 g/mol. The van der Waals surface area contributed by atoms with Gasteiger partial charge in [-0.15, -0.1) is 0 Å². The zero-order valence-corrected chi connectivity index (χ0v) is 10.9. The minimum Gasteiger partial charge on any atom is -0.349 e. The first-order valence-electron chi connectivity index (χ1n) is 6.52. The number of likely N-dealkylation sites (N-methyl/N-ethyl adjacent to an activating group) is 1. The molecule has 2 aliphatic rings. The molecule has 4 heteroatoms. The number of aryl methyl sites for hydroxylation is 1. The quantitative estimate of drug-likeness (QED) is 0.746. The largest absolute Gasteiger partial charge is 0.349 e. The molecule has 2 heterocycles. The fourth-order valence-electron chi connectivity index (χ4n) is 2.89. The standard InChI is InChI=1S/C14H19N3O/c1-10-4-3-5-11-13(10)14(18)15-12-6-7-16(2)8-9-17(11)12/h3-5,12H,6-9H2,1-2H3,(H,15,18)/t12-/m0/s1. The Kier molecular flexibility index (Phi) is 2.74. The van der Waals surface area contributed by atoms with Gasteiger partial charge in [0.1, 0.15) is 6.17 Å². The van der Waals surface area contributed by atoms with Crippen molar-refractivity contribution in [1.29, 1.82) is 0 Å². The van der Waals surface area contributed by atoms with Crippen molar-refractivity contribution in [3.8, 4) is 0 Å². The summed E-state index contributed by atoms with van der Waals surface area (Å²) in [5, 5.41) is 3.14. The van der Waals surface area contributed by atoms with Gasteiger partial charge in [-0.25, -0.2) is 0 Å². The van der Waals surface area contributed by atoms with Gasteiger partial charge in [-0.3, -0.25) is 4.79 Å². The van der Waals surface area contributed by atoms with Crippen LogP contribution in [0.15, 0.2) is 18.2 Å². The molecule has 96 valence electrons. The van der Waals surface area contributed by atoms with E-state index in [-0.39, 0.29) is 12.1 Å². The van der Waals surface area contributed by atoms with Crippen LogP contribution in [-0.4, -0.2) is 43.7 Å². The molecule has 1 saturated heterocycles. The highest BCUT2D eigenvalue weighted by molar-refractivity contribution is 6.03. The highest BCUT2D eigenvalue weighted by Gasteiger charge is 2.32. The minimum atomic E-state index is 0.0777. The van der Waals surface area contributed by atoms with Crippen molar-refractivity contribution < 1.29 is 4.79 Å². The maximum Gasteiger partial charge on any atom is 0.255 e. The van der Waals surface area contributed by atoms with Gasteiger partial charge in [-0.2, -0.15) is 0 Å². The molecule has 18 heavy (non-hydrogen) atoms. The summed E-state index contributed by atoms with van der Waals surface area (Å²) in [7, 11) is 2.14. The molecule has 0 aliphatic carbocycles. The second-order valence-corrected chi connectivity index (χ2v) is 5.24. The molecule has 4 nitrogen and oxygen atoms in total. The summed E-state index contributed by atoms with van der Waals surface area (Å²) in [4.78, 5) is 16.9. The number of carbonyl (C=O) groups excluding carboxylic acids is 1. The van der Waals surface area contributed by atoms with Crippen LogP contribution in [0.3, 0.4) is 0 Å². The minimum absolute atomic E-state index is 0.0777. The van der Waals surface area contributed by atoms with Crippen molar-refractivity contribution in [2.24, 2.45) is 0 Å². The Labute approximate surface area is 108 Å². The number of nitrogens with one attached hydrogen (secondary N) is 1. The molecule has 1 N–H and O–H groups in total. The first-order chi connectivity index (χ1) is 8.66. The van der Waals surface area contributed by atoms with Crippen LogP contribution in [0.1, 0.15) is 22.3 Å². The van der Waals surface area contributed by atoms with E-state index in [1.807, 2.05) is 19.1 Å². The highest BCUT2D eigenvalue weighted by atomic mass is 16.2. The van der Waals surface area contributed by atoms with E-state index in [1.165, 1.54) is 0 Å². The summed E-state index contributed by atoms with van der Waals surface area (Å²) in [6, 6.07) is 6.11. The Morgan fingerprint density at radius 1 is 1.28 bits per heavy atom. The predicted octanol–water partition coefficient (Wildman–Crippen LogP) is 1.21. The van der Waals surface area contributed by atoms with Crippen molar-refractivity contribution in [1.82, 2.24) is 10.2 Å². The van der Waals surface area contributed by atoms with Crippen LogP contribution < -0.4 is 10.2 Å². The summed E-state index contributed by atoms with van der Waals surface area (Å²) in [5.41, 5.74) is 3.00. The lowest BCUT2D eigenvalue weighted by Gasteiger charge is -2.38. The number of amides is 1. The Bertz CT molecular complexity index is 486. The molecule has 1 amide bonds. The number of hydrogen-bond acceptors (Lipinski definition) is 3. The number of anilines is 1. The van der Waals surface area contributed by atoms with Gasteiger partial charge in [0, 0.05) is 19.6 Å². The summed E-state index contributed by atoms with van der Waals surface area (Å²) in [5.74, 6) is 0.0777. The van der Waals surface area contributed by atoms with Gasteiger partial charge >= 0.3 is 0 Å². The van der Waals surface area contributed by atoms with Gasteiger partial charge in [-0.1, -0.05) is 12.1 Å². The Hall–Kier alpha value is -1.55. The molecule has 0 unspecified atom stereocenters. The maximum atomic E-state index is 12.2. The Morgan fingerprint density at radius 2 is 2.11 bits per heavy atom. The normalized spacial score (nSPS) is 24.0. The lowest BCUT2D eigenvalue weighted by Crippen LogP contribution is -2.53. The molecular weight excluding hydrogens is 226 g/mol. The molecule has 1 aromatic rings. The summed E-state index contributed by atoms with van der Waals surface area (Å²) >= 11 is 0. The molecule has 1 atom stereocenters. The molecule has 0 aromatic heterocycles. The van der Waals surface area contributed by atoms with Gasteiger partial charge in [0.25, 0.3) is 5.91 Å². The predicted molar refractivity (Wildman–Crippen MR) is 71.9 cm³/mol. The van der Waals surface area contributed by atoms with Crippen LogP contribution in [0.4, 0.5) is 5.69 Å². The van der Waals surface area contributed by atoms with Crippen LogP contribution in [-0.2, 0) is 0 Å². The average Bonchev–Trinajstić information content (AvgIpc) is 2.52. The highest BCUT2D eigenvalue weighted by Crippen LogP contribution is 2.30. The third kappa shape index (κ3) is 1.77. The van der Waals surface area contributed by atoms with Gasteiger partial charge in [0.05, 0.1) is 11.3 Å². The Balaban J connectivity index is 2.04. The molecule has 3 rings (SSSR count). The zero-order valence-electron chi connectivity index (χ0n) is 10.9. The smallest absolute Gasteiger partial charge is 0.255 e. The number of carbonyl (C=O) groups is 1. The van der Waals surface area contributed by atoms with Crippen molar-refractivity contribution in [2.45, 2.75) is 19.5 Å².